The molecule has 1 nitrogen and oxygen atoms in total. The molecule has 2 heteroatoms. The monoisotopic (exact) mass is 252 g/mol. The molecule has 0 saturated heterocycles. The van der Waals surface area contributed by atoms with Crippen LogP contribution in [0, 0.1) is 0 Å². The molecule has 2 unspecified atom stereocenters. The Labute approximate surface area is 92.9 Å². The summed E-state index contributed by atoms with van der Waals surface area (Å²) in [5.41, 5.74) is 2.69. The Hall–Kier alpha value is -0.600. The fraction of sp³-hybridized carbons (Fsp3) is 0.333. The first-order valence-electron chi connectivity index (χ1n) is 4.79. The third kappa shape index (κ3) is 1.77. The summed E-state index contributed by atoms with van der Waals surface area (Å²) in [7, 11) is 0. The lowest BCUT2D eigenvalue weighted by atomic mass is 9.96. The Kier molecular flexibility index (Phi) is 3.04. The quantitative estimate of drug-likeness (QED) is 0.580. The molecule has 0 amide bonds. The number of benzene rings is 1. The summed E-state index contributed by atoms with van der Waals surface area (Å²) in [4.78, 5) is 0.198. The van der Waals surface area contributed by atoms with Gasteiger partial charge in [0.1, 0.15) is 0 Å². The van der Waals surface area contributed by atoms with E-state index in [4.69, 9.17) is 4.74 Å². The molecule has 0 aliphatic carbocycles. The highest BCUT2D eigenvalue weighted by Gasteiger charge is 2.24. The first kappa shape index (κ1) is 9.94. The van der Waals surface area contributed by atoms with Gasteiger partial charge in [-0.05, 0) is 17.5 Å². The summed E-state index contributed by atoms with van der Waals surface area (Å²) in [6, 6.07) is 8.45. The molecular formula is C12H13BrO. The third-order valence-corrected chi connectivity index (χ3v) is 3.40. The first-order valence-corrected chi connectivity index (χ1v) is 5.70. The highest BCUT2D eigenvalue weighted by molar-refractivity contribution is 9.09. The van der Waals surface area contributed by atoms with Crippen molar-refractivity contribution >= 4 is 15.9 Å². The van der Waals surface area contributed by atoms with E-state index in [9.17, 15) is 0 Å². The molecule has 14 heavy (non-hydrogen) atoms. The van der Waals surface area contributed by atoms with Crippen molar-refractivity contribution in [2.75, 3.05) is 6.61 Å². The van der Waals surface area contributed by atoms with E-state index in [0.29, 0.717) is 0 Å². The molecule has 0 radical (unpaired) electrons. The molecular weight excluding hydrogens is 240 g/mol. The van der Waals surface area contributed by atoms with Crippen LogP contribution in [0.2, 0.25) is 0 Å². The van der Waals surface area contributed by atoms with Crippen molar-refractivity contribution in [1.29, 1.82) is 0 Å². The minimum atomic E-state index is 0.123. The lowest BCUT2D eigenvalue weighted by Gasteiger charge is -2.28. The summed E-state index contributed by atoms with van der Waals surface area (Å²) in [5, 5.41) is 0. The molecule has 2 atom stereocenters. The number of hydrogen-bond donors (Lipinski definition) is 0. The van der Waals surface area contributed by atoms with Gasteiger partial charge in [-0.2, -0.15) is 0 Å². The third-order valence-electron chi connectivity index (χ3n) is 2.54. The van der Waals surface area contributed by atoms with Gasteiger partial charge in [-0.3, -0.25) is 0 Å². The molecule has 1 aromatic carbocycles. The van der Waals surface area contributed by atoms with Crippen LogP contribution in [0.15, 0.2) is 36.9 Å². The Morgan fingerprint density at radius 1 is 1.50 bits per heavy atom. The van der Waals surface area contributed by atoms with Crippen LogP contribution >= 0.6 is 15.9 Å². The van der Waals surface area contributed by atoms with Gasteiger partial charge in [-0.15, -0.1) is 6.58 Å². The Morgan fingerprint density at radius 2 is 2.29 bits per heavy atom. The Balaban J connectivity index is 2.35. The van der Waals surface area contributed by atoms with Crippen LogP contribution in [0.4, 0.5) is 0 Å². The largest absolute Gasteiger partial charge is 0.372 e. The van der Waals surface area contributed by atoms with Gasteiger partial charge in [0.25, 0.3) is 0 Å². The van der Waals surface area contributed by atoms with Crippen molar-refractivity contribution in [2.45, 2.75) is 17.4 Å². The predicted molar refractivity (Wildman–Crippen MR) is 61.8 cm³/mol. The maximum Gasteiger partial charge on any atom is 0.0987 e. The number of fused-ring (bicyclic) bond motifs is 1. The zero-order valence-electron chi connectivity index (χ0n) is 7.95. The van der Waals surface area contributed by atoms with Crippen LogP contribution in [0.3, 0.4) is 0 Å². The highest BCUT2D eigenvalue weighted by atomic mass is 79.9. The molecule has 2 rings (SSSR count). The molecule has 0 N–H and O–H groups in total. The lowest BCUT2D eigenvalue weighted by molar-refractivity contribution is 0.0491. The molecule has 0 saturated carbocycles. The maximum absolute atomic E-state index is 5.74. The van der Waals surface area contributed by atoms with Crippen LogP contribution in [-0.2, 0) is 11.2 Å². The van der Waals surface area contributed by atoms with Crippen LogP contribution in [-0.4, -0.2) is 11.4 Å². The van der Waals surface area contributed by atoms with E-state index in [1.54, 1.807) is 0 Å². The van der Waals surface area contributed by atoms with E-state index in [0.717, 1.165) is 13.0 Å². The van der Waals surface area contributed by atoms with Crippen molar-refractivity contribution in [3.8, 4) is 0 Å². The molecule has 1 heterocycles. The normalized spacial score (nSPS) is 22.5. The summed E-state index contributed by atoms with van der Waals surface area (Å²) in [6.07, 6.45) is 3.02. The first-order chi connectivity index (χ1) is 6.83. The van der Waals surface area contributed by atoms with Crippen LogP contribution in [0.25, 0.3) is 0 Å². The number of rotatable bonds is 2. The van der Waals surface area contributed by atoms with Crippen molar-refractivity contribution in [1.82, 2.24) is 0 Å². The van der Waals surface area contributed by atoms with Gasteiger partial charge in [0.05, 0.1) is 17.5 Å². The van der Waals surface area contributed by atoms with Crippen LogP contribution in [0.1, 0.15) is 17.2 Å². The van der Waals surface area contributed by atoms with Crippen molar-refractivity contribution in [3.05, 3.63) is 48.0 Å². The second-order valence-electron chi connectivity index (χ2n) is 3.42. The summed E-state index contributed by atoms with van der Waals surface area (Å²) < 4.78 is 5.74. The minimum Gasteiger partial charge on any atom is -0.372 e. The minimum absolute atomic E-state index is 0.123. The van der Waals surface area contributed by atoms with Crippen molar-refractivity contribution in [3.63, 3.8) is 0 Å². The number of hydrogen-bond acceptors (Lipinski definition) is 1. The van der Waals surface area contributed by atoms with Crippen LogP contribution in [0.5, 0.6) is 0 Å². The van der Waals surface area contributed by atoms with Gasteiger partial charge in [0, 0.05) is 0 Å². The molecule has 0 spiro atoms. The van der Waals surface area contributed by atoms with Gasteiger partial charge in [0.15, 0.2) is 0 Å². The topological polar surface area (TPSA) is 9.23 Å². The van der Waals surface area contributed by atoms with Crippen molar-refractivity contribution in [2.24, 2.45) is 0 Å². The molecule has 1 aliphatic heterocycles. The Morgan fingerprint density at radius 3 is 3.07 bits per heavy atom. The smallest absolute Gasteiger partial charge is 0.0987 e. The van der Waals surface area contributed by atoms with E-state index < -0.39 is 0 Å². The zero-order chi connectivity index (χ0) is 9.97. The SMILES string of the molecule is C=CC(Br)C1OCCc2ccccc21. The molecule has 1 aromatic rings. The van der Waals surface area contributed by atoms with Gasteiger partial charge < -0.3 is 4.74 Å². The fourth-order valence-corrected chi connectivity index (χ4v) is 2.25. The summed E-state index contributed by atoms with van der Waals surface area (Å²) in [6.45, 7) is 4.59. The number of alkyl halides is 1. The second-order valence-corrected chi connectivity index (χ2v) is 4.48. The van der Waals surface area contributed by atoms with Crippen molar-refractivity contribution < 1.29 is 4.74 Å². The molecule has 0 fully saturated rings. The van der Waals surface area contributed by atoms with Gasteiger partial charge in [-0.25, -0.2) is 0 Å². The predicted octanol–water partition coefficient (Wildman–Crippen LogP) is 3.25. The molecule has 0 aromatic heterocycles. The van der Waals surface area contributed by atoms with Crippen LogP contribution < -0.4 is 0 Å². The molecule has 0 bridgehead atoms. The van der Waals surface area contributed by atoms with E-state index >= 15 is 0 Å². The molecule has 74 valence electrons. The lowest BCUT2D eigenvalue weighted by Crippen LogP contribution is -2.22. The van der Waals surface area contributed by atoms with E-state index in [-0.39, 0.29) is 10.9 Å². The standard InChI is InChI=1S/C12H13BrO/c1-2-11(13)12-10-6-4-3-5-9(10)7-8-14-12/h2-6,11-12H,1,7-8H2. The molecule has 1 aliphatic rings. The summed E-state index contributed by atoms with van der Waals surface area (Å²) in [5.74, 6) is 0. The zero-order valence-corrected chi connectivity index (χ0v) is 9.53. The number of ether oxygens (including phenoxy) is 1. The second kappa shape index (κ2) is 4.28. The summed E-state index contributed by atoms with van der Waals surface area (Å²) >= 11 is 3.57. The van der Waals surface area contributed by atoms with E-state index in [2.05, 4.69) is 46.8 Å². The maximum atomic E-state index is 5.74. The van der Waals surface area contributed by atoms with Gasteiger partial charge >= 0.3 is 0 Å². The fourth-order valence-electron chi connectivity index (χ4n) is 1.81. The van der Waals surface area contributed by atoms with Gasteiger partial charge in [0.2, 0.25) is 0 Å². The van der Waals surface area contributed by atoms with E-state index in [1.807, 2.05) is 6.08 Å². The van der Waals surface area contributed by atoms with Gasteiger partial charge in [-0.1, -0.05) is 46.3 Å². The Bertz CT molecular complexity index is 335. The average Bonchev–Trinajstić information content (AvgIpc) is 2.27. The average molecular weight is 253 g/mol. The highest BCUT2D eigenvalue weighted by Crippen LogP contribution is 2.33. The number of halogens is 1. The van der Waals surface area contributed by atoms with E-state index in [1.165, 1.54) is 11.1 Å².